The lowest BCUT2D eigenvalue weighted by Gasteiger charge is -2.18. The van der Waals surface area contributed by atoms with E-state index < -0.39 is 0 Å². The first-order valence-electron chi connectivity index (χ1n) is 12.0. The lowest BCUT2D eigenvalue weighted by molar-refractivity contribution is 0.0241. The Morgan fingerprint density at radius 1 is 0.727 bits per heavy atom. The summed E-state index contributed by atoms with van der Waals surface area (Å²) >= 11 is 0. The topological polar surface area (TPSA) is 62.0 Å². The van der Waals surface area contributed by atoms with Gasteiger partial charge in [0.25, 0.3) is 0 Å². The van der Waals surface area contributed by atoms with Crippen molar-refractivity contribution in [2.24, 2.45) is 0 Å². The molecule has 0 bridgehead atoms. The van der Waals surface area contributed by atoms with Crippen LogP contribution in [0.3, 0.4) is 0 Å². The third-order valence-corrected chi connectivity index (χ3v) is 5.88. The van der Waals surface area contributed by atoms with Gasteiger partial charge in [-0.3, -0.25) is 0 Å². The van der Waals surface area contributed by atoms with Crippen LogP contribution in [-0.2, 0) is 18.9 Å². The summed E-state index contributed by atoms with van der Waals surface area (Å²) in [5.74, 6) is 2.05. The summed E-state index contributed by atoms with van der Waals surface area (Å²) < 4.78 is 33.6. The van der Waals surface area contributed by atoms with Crippen LogP contribution >= 0.6 is 0 Å². The molecule has 180 valence electrons. The highest BCUT2D eigenvalue weighted by Crippen LogP contribution is 2.30. The predicted octanol–water partition coefficient (Wildman–Crippen LogP) is 4.59. The minimum atomic E-state index is 0.0414. The molecule has 2 fully saturated rings. The maximum atomic E-state index is 5.89. The van der Waals surface area contributed by atoms with E-state index >= 15 is 0 Å². The average molecular weight is 457 g/mol. The van der Waals surface area contributed by atoms with Crippen LogP contribution in [-0.4, -0.2) is 64.1 Å². The first kappa shape index (κ1) is 24.0. The molecule has 0 aromatic heterocycles. The lowest BCUT2D eigenvalue weighted by atomic mass is 9.89. The molecule has 0 N–H and O–H groups in total. The molecular weight excluding hydrogens is 420 g/mol. The first-order chi connectivity index (χ1) is 16.1. The fraction of sp³-hybridized carbons (Fsp3) is 0.556. The predicted molar refractivity (Wildman–Crippen MR) is 126 cm³/mol. The SMILES string of the molecule is CCC(c1ccc(OCC(C)OCC2CO2)cc1)c1ccc(OCC(C)OCC2CO2)cc1. The highest BCUT2D eigenvalue weighted by atomic mass is 16.6. The van der Waals surface area contributed by atoms with Crippen LogP contribution in [0.4, 0.5) is 0 Å². The normalized spacial score (nSPS) is 21.8. The molecule has 0 spiro atoms. The molecule has 4 rings (SSSR count). The Morgan fingerprint density at radius 3 is 1.45 bits per heavy atom. The second-order valence-electron chi connectivity index (χ2n) is 8.92. The summed E-state index contributed by atoms with van der Waals surface area (Å²) in [5.41, 5.74) is 2.55. The summed E-state index contributed by atoms with van der Waals surface area (Å²) in [4.78, 5) is 0. The van der Waals surface area contributed by atoms with E-state index in [9.17, 15) is 0 Å². The van der Waals surface area contributed by atoms with Crippen LogP contribution in [0.1, 0.15) is 44.2 Å². The second-order valence-corrected chi connectivity index (χ2v) is 8.92. The number of ether oxygens (including phenoxy) is 6. The van der Waals surface area contributed by atoms with Gasteiger partial charge in [-0.15, -0.1) is 0 Å². The van der Waals surface area contributed by atoms with Gasteiger partial charge in [0.1, 0.15) is 36.9 Å². The molecular formula is C27H36O6. The second kappa shape index (κ2) is 11.8. The van der Waals surface area contributed by atoms with Gasteiger partial charge in [0.05, 0.1) is 38.6 Å². The molecule has 2 aromatic carbocycles. The number of rotatable bonds is 15. The molecule has 6 heteroatoms. The van der Waals surface area contributed by atoms with E-state index in [-0.39, 0.29) is 24.4 Å². The molecule has 0 amide bonds. The van der Waals surface area contributed by atoms with Crippen LogP contribution < -0.4 is 9.47 Å². The molecule has 0 saturated carbocycles. The molecule has 0 radical (unpaired) electrons. The molecule has 2 aromatic rings. The van der Waals surface area contributed by atoms with Gasteiger partial charge in [-0.1, -0.05) is 31.2 Å². The number of hydrogen-bond donors (Lipinski definition) is 0. The van der Waals surface area contributed by atoms with Crippen molar-refractivity contribution >= 4 is 0 Å². The maximum Gasteiger partial charge on any atom is 0.119 e. The number of epoxide rings is 2. The molecule has 4 atom stereocenters. The van der Waals surface area contributed by atoms with Crippen molar-refractivity contribution in [2.45, 2.75) is 57.5 Å². The maximum absolute atomic E-state index is 5.89. The Morgan fingerprint density at radius 2 is 1.12 bits per heavy atom. The minimum Gasteiger partial charge on any atom is -0.491 e. The van der Waals surface area contributed by atoms with Crippen LogP contribution in [0.25, 0.3) is 0 Å². The van der Waals surface area contributed by atoms with E-state index in [2.05, 4.69) is 31.2 Å². The molecule has 0 aliphatic carbocycles. The van der Waals surface area contributed by atoms with Crippen molar-refractivity contribution in [2.75, 3.05) is 39.6 Å². The summed E-state index contributed by atoms with van der Waals surface area (Å²) in [5, 5.41) is 0. The van der Waals surface area contributed by atoms with Gasteiger partial charge in [0.2, 0.25) is 0 Å². The highest BCUT2D eigenvalue weighted by Gasteiger charge is 2.24. The van der Waals surface area contributed by atoms with E-state index in [4.69, 9.17) is 28.4 Å². The minimum absolute atomic E-state index is 0.0414. The van der Waals surface area contributed by atoms with Gasteiger partial charge in [0, 0.05) is 5.92 Å². The molecule has 33 heavy (non-hydrogen) atoms. The van der Waals surface area contributed by atoms with Crippen LogP contribution in [0.2, 0.25) is 0 Å². The van der Waals surface area contributed by atoms with Gasteiger partial charge in [0.15, 0.2) is 0 Å². The summed E-state index contributed by atoms with van der Waals surface area (Å²) in [6.07, 6.45) is 1.66. The monoisotopic (exact) mass is 456 g/mol. The Labute approximate surface area is 197 Å². The van der Waals surface area contributed by atoms with E-state index in [0.29, 0.717) is 32.3 Å². The smallest absolute Gasteiger partial charge is 0.119 e. The summed E-state index contributed by atoms with van der Waals surface area (Å²) in [6, 6.07) is 16.8. The number of hydrogen-bond acceptors (Lipinski definition) is 6. The van der Waals surface area contributed by atoms with Crippen LogP contribution in [0, 0.1) is 0 Å². The molecule has 2 saturated heterocycles. The quantitative estimate of drug-likeness (QED) is 0.365. The zero-order chi connectivity index (χ0) is 23.0. The number of benzene rings is 2. The fourth-order valence-corrected chi connectivity index (χ4v) is 3.65. The third kappa shape index (κ3) is 8.00. The van der Waals surface area contributed by atoms with Gasteiger partial charge in [-0.25, -0.2) is 0 Å². The Hall–Kier alpha value is -2.12. The van der Waals surface area contributed by atoms with Crippen molar-refractivity contribution in [3.8, 4) is 11.5 Å². The highest BCUT2D eigenvalue weighted by molar-refractivity contribution is 5.38. The van der Waals surface area contributed by atoms with Crippen molar-refractivity contribution in [1.82, 2.24) is 0 Å². The van der Waals surface area contributed by atoms with Crippen LogP contribution in [0.15, 0.2) is 48.5 Å². The molecule has 4 unspecified atom stereocenters. The van der Waals surface area contributed by atoms with Crippen molar-refractivity contribution in [3.05, 3.63) is 59.7 Å². The van der Waals surface area contributed by atoms with Crippen molar-refractivity contribution in [1.29, 1.82) is 0 Å². The zero-order valence-corrected chi connectivity index (χ0v) is 19.9. The largest absolute Gasteiger partial charge is 0.491 e. The van der Waals surface area contributed by atoms with E-state index in [1.807, 2.05) is 38.1 Å². The van der Waals surface area contributed by atoms with Gasteiger partial charge in [-0.05, 0) is 55.7 Å². The van der Waals surface area contributed by atoms with Gasteiger partial charge < -0.3 is 28.4 Å². The zero-order valence-electron chi connectivity index (χ0n) is 19.9. The van der Waals surface area contributed by atoms with E-state index in [1.165, 1.54) is 11.1 Å². The van der Waals surface area contributed by atoms with Gasteiger partial charge >= 0.3 is 0 Å². The third-order valence-electron chi connectivity index (χ3n) is 5.88. The Kier molecular flexibility index (Phi) is 8.62. The molecule has 2 heterocycles. The Bertz CT molecular complexity index is 759. The summed E-state index contributed by atoms with van der Waals surface area (Å²) in [6.45, 7) is 10.2. The molecule has 6 nitrogen and oxygen atoms in total. The molecule has 2 aliphatic rings. The summed E-state index contributed by atoms with van der Waals surface area (Å²) in [7, 11) is 0. The van der Waals surface area contributed by atoms with Crippen molar-refractivity contribution in [3.63, 3.8) is 0 Å². The first-order valence-corrected chi connectivity index (χ1v) is 12.0. The Balaban J connectivity index is 1.24. The standard InChI is InChI=1S/C27H36O6/c1-4-27(21-5-9-23(10-6-21)30-13-19(2)28-15-25-17-32-25)22-7-11-24(12-8-22)31-14-20(3)29-16-26-18-33-26/h5-12,19-20,25-27H,4,13-18H2,1-3H3. The van der Waals surface area contributed by atoms with E-state index in [0.717, 1.165) is 31.1 Å². The van der Waals surface area contributed by atoms with Crippen molar-refractivity contribution < 1.29 is 28.4 Å². The fourth-order valence-electron chi connectivity index (χ4n) is 3.65. The van der Waals surface area contributed by atoms with Crippen LogP contribution in [0.5, 0.6) is 11.5 Å². The van der Waals surface area contributed by atoms with E-state index in [1.54, 1.807) is 0 Å². The lowest BCUT2D eigenvalue weighted by Crippen LogP contribution is -2.20. The van der Waals surface area contributed by atoms with Gasteiger partial charge in [-0.2, -0.15) is 0 Å². The molecule has 2 aliphatic heterocycles. The average Bonchev–Trinajstić information content (AvgIpc) is 3.76.